The van der Waals surface area contributed by atoms with Gasteiger partial charge in [0.1, 0.15) is 0 Å². The molecule has 0 amide bonds. The van der Waals surface area contributed by atoms with Crippen molar-refractivity contribution >= 4 is 11.9 Å². The van der Waals surface area contributed by atoms with Crippen LogP contribution in [0.15, 0.2) is 0 Å². The van der Waals surface area contributed by atoms with Gasteiger partial charge in [0, 0.05) is 5.75 Å². The molecule has 2 nitrogen and oxygen atoms in total. The molecule has 86 valence electrons. The normalized spacial score (nSPS) is 10.7. The third-order valence-electron chi connectivity index (χ3n) is 2.47. The summed E-state index contributed by atoms with van der Waals surface area (Å²) in [4.78, 5) is 0. The molecule has 3 heteroatoms. The molecule has 0 aliphatic rings. The smallest absolute Gasteiger partial charge is 0.00764 e. The first kappa shape index (κ1) is 14.3. The van der Waals surface area contributed by atoms with Crippen molar-refractivity contribution in [1.29, 1.82) is 0 Å². The largest absolute Gasteiger partial charge is 0.330 e. The van der Waals surface area contributed by atoms with E-state index in [1.807, 2.05) is 0 Å². The van der Waals surface area contributed by atoms with Crippen LogP contribution in [-0.2, 0) is 0 Å². The Hall–Kier alpha value is 0.270. The molecule has 0 bridgehead atoms. The van der Waals surface area contributed by atoms with Crippen molar-refractivity contribution in [2.24, 2.45) is 10.9 Å². The van der Waals surface area contributed by atoms with Gasteiger partial charge < -0.3 is 5.73 Å². The predicted molar refractivity (Wildman–Crippen MR) is 67.3 cm³/mol. The molecule has 0 aliphatic carbocycles. The van der Waals surface area contributed by atoms with Gasteiger partial charge >= 0.3 is 0 Å². The Morgan fingerprint density at radius 2 is 1.07 bits per heavy atom. The highest BCUT2D eigenvalue weighted by Gasteiger charge is 1.91. The molecule has 0 unspecified atom stereocenters. The highest BCUT2D eigenvalue weighted by atomic mass is 32.2. The molecule has 0 heterocycles. The van der Waals surface area contributed by atoms with Gasteiger partial charge in [-0.15, -0.1) is 0 Å². The zero-order valence-electron chi connectivity index (χ0n) is 9.34. The zero-order valence-corrected chi connectivity index (χ0v) is 10.2. The summed E-state index contributed by atoms with van der Waals surface area (Å²) >= 11 is 1.47. The van der Waals surface area contributed by atoms with Crippen LogP contribution in [-0.4, -0.2) is 12.3 Å². The third kappa shape index (κ3) is 12.3. The molecular weight excluding hydrogens is 192 g/mol. The molecule has 0 spiro atoms. The topological polar surface area (TPSA) is 52.0 Å². The van der Waals surface area contributed by atoms with E-state index >= 15 is 0 Å². The third-order valence-corrected chi connectivity index (χ3v) is 2.99. The molecule has 0 aliphatic heterocycles. The second-order valence-corrected chi connectivity index (χ2v) is 4.58. The highest BCUT2D eigenvalue weighted by Crippen LogP contribution is 2.10. The number of hydrogen-bond donors (Lipinski definition) is 2. The van der Waals surface area contributed by atoms with Gasteiger partial charge in [0.25, 0.3) is 0 Å². The van der Waals surface area contributed by atoms with Gasteiger partial charge in [-0.2, -0.15) is 0 Å². The lowest BCUT2D eigenvalue weighted by Crippen LogP contribution is -1.97. The van der Waals surface area contributed by atoms with E-state index in [0.717, 1.165) is 12.3 Å². The van der Waals surface area contributed by atoms with Crippen LogP contribution in [0.3, 0.4) is 0 Å². The minimum Gasteiger partial charge on any atom is -0.330 e. The van der Waals surface area contributed by atoms with Gasteiger partial charge in [0.05, 0.1) is 0 Å². The van der Waals surface area contributed by atoms with E-state index in [-0.39, 0.29) is 0 Å². The van der Waals surface area contributed by atoms with Crippen LogP contribution < -0.4 is 10.9 Å². The van der Waals surface area contributed by atoms with Crippen LogP contribution in [0.5, 0.6) is 0 Å². The second-order valence-electron chi connectivity index (χ2n) is 3.84. The maximum Gasteiger partial charge on any atom is 0.00764 e. The quantitative estimate of drug-likeness (QED) is 0.414. The molecule has 0 saturated heterocycles. The fourth-order valence-corrected chi connectivity index (χ4v) is 1.94. The molecule has 0 fully saturated rings. The average Bonchev–Trinajstić information content (AvgIpc) is 2.21. The lowest BCUT2D eigenvalue weighted by atomic mass is 10.1. The van der Waals surface area contributed by atoms with E-state index in [1.165, 1.54) is 69.7 Å². The first-order chi connectivity index (χ1) is 6.91. The van der Waals surface area contributed by atoms with Gasteiger partial charge in [-0.05, 0) is 19.4 Å². The minimum atomic E-state index is 0.858. The lowest BCUT2D eigenvalue weighted by molar-refractivity contribution is 0.568. The fourth-order valence-electron chi connectivity index (χ4n) is 1.57. The minimum absolute atomic E-state index is 0.858. The van der Waals surface area contributed by atoms with E-state index in [4.69, 9.17) is 10.9 Å². The van der Waals surface area contributed by atoms with Crippen molar-refractivity contribution in [3.05, 3.63) is 0 Å². The summed E-state index contributed by atoms with van der Waals surface area (Å²) in [6, 6.07) is 0. The van der Waals surface area contributed by atoms with E-state index in [1.54, 1.807) is 0 Å². The monoisotopic (exact) mass is 218 g/mol. The summed E-state index contributed by atoms with van der Waals surface area (Å²) in [6.45, 7) is 0.858. The van der Waals surface area contributed by atoms with Crippen LogP contribution in [0.2, 0.25) is 0 Å². The second kappa shape index (κ2) is 13.3. The molecule has 0 saturated carbocycles. The summed E-state index contributed by atoms with van der Waals surface area (Å²) < 4.78 is 0. The molecule has 0 atom stereocenters. The Labute approximate surface area is 93.3 Å². The summed E-state index contributed by atoms with van der Waals surface area (Å²) in [7, 11) is 0. The first-order valence-corrected chi connectivity index (χ1v) is 6.98. The maximum atomic E-state index is 5.43. The van der Waals surface area contributed by atoms with Crippen molar-refractivity contribution in [2.45, 2.75) is 57.8 Å². The van der Waals surface area contributed by atoms with Crippen LogP contribution >= 0.6 is 11.9 Å². The van der Waals surface area contributed by atoms with E-state index < -0.39 is 0 Å². The molecule has 0 aromatic heterocycles. The molecule has 0 aromatic carbocycles. The summed E-state index contributed by atoms with van der Waals surface area (Å²) in [5, 5.41) is 5.34. The summed E-state index contributed by atoms with van der Waals surface area (Å²) in [5.74, 6) is 1.12. The first-order valence-electron chi connectivity index (χ1n) is 5.93. The highest BCUT2D eigenvalue weighted by molar-refractivity contribution is 7.97. The van der Waals surface area contributed by atoms with Crippen LogP contribution in [0.1, 0.15) is 57.8 Å². The predicted octanol–water partition coefficient (Wildman–Crippen LogP) is 3.06. The number of hydrogen-bond acceptors (Lipinski definition) is 3. The van der Waals surface area contributed by atoms with E-state index in [2.05, 4.69) is 0 Å². The van der Waals surface area contributed by atoms with E-state index in [9.17, 15) is 0 Å². The molecule has 0 aromatic rings. The number of unbranched alkanes of at least 4 members (excludes halogenated alkanes) is 8. The van der Waals surface area contributed by atoms with Gasteiger partial charge in [0.2, 0.25) is 0 Å². The Kier molecular flexibility index (Phi) is 13.5. The Morgan fingerprint density at radius 1 is 0.643 bits per heavy atom. The van der Waals surface area contributed by atoms with Crippen LogP contribution in [0.4, 0.5) is 0 Å². The van der Waals surface area contributed by atoms with Gasteiger partial charge in [-0.25, -0.2) is 0 Å². The number of rotatable bonds is 11. The van der Waals surface area contributed by atoms with Crippen LogP contribution in [0, 0.1) is 0 Å². The van der Waals surface area contributed by atoms with Crippen molar-refractivity contribution in [3.8, 4) is 0 Å². The van der Waals surface area contributed by atoms with Crippen molar-refractivity contribution in [1.82, 2.24) is 0 Å². The van der Waals surface area contributed by atoms with Crippen molar-refractivity contribution < 1.29 is 0 Å². The Bertz CT molecular complexity index is 87.3. The standard InChI is InChI=1S/C11H26N2S/c12-10-8-6-4-2-1-3-5-7-9-11-14-13/h1-13H2. The zero-order chi connectivity index (χ0) is 10.5. The van der Waals surface area contributed by atoms with Crippen molar-refractivity contribution in [3.63, 3.8) is 0 Å². The Balaban J connectivity index is 2.78. The summed E-state index contributed by atoms with van der Waals surface area (Å²) in [6.07, 6.45) is 12.1. The molecular formula is C11H26N2S. The average molecular weight is 218 g/mol. The lowest BCUT2D eigenvalue weighted by Gasteiger charge is -2.01. The molecule has 4 N–H and O–H groups in total. The number of nitrogens with two attached hydrogens (primary N) is 2. The van der Waals surface area contributed by atoms with Gasteiger partial charge in [0.15, 0.2) is 0 Å². The van der Waals surface area contributed by atoms with Gasteiger partial charge in [-0.1, -0.05) is 56.9 Å². The van der Waals surface area contributed by atoms with Gasteiger partial charge in [-0.3, -0.25) is 5.14 Å². The molecule has 0 rings (SSSR count). The van der Waals surface area contributed by atoms with E-state index in [0.29, 0.717) is 0 Å². The summed E-state index contributed by atoms with van der Waals surface area (Å²) in [5.41, 5.74) is 5.43. The van der Waals surface area contributed by atoms with Crippen molar-refractivity contribution in [2.75, 3.05) is 12.3 Å². The molecule has 14 heavy (non-hydrogen) atoms. The van der Waals surface area contributed by atoms with Crippen LogP contribution in [0.25, 0.3) is 0 Å². The molecule has 0 radical (unpaired) electrons. The SMILES string of the molecule is NCCCCCCCCCCCSN. The maximum absolute atomic E-state index is 5.43. The fraction of sp³-hybridized carbons (Fsp3) is 1.00. The Morgan fingerprint density at radius 3 is 1.50 bits per heavy atom.